The lowest BCUT2D eigenvalue weighted by atomic mass is 10.1. The third kappa shape index (κ3) is 5.94. The molecule has 1 unspecified atom stereocenters. The minimum absolute atomic E-state index is 0.298. The molecule has 0 heterocycles. The van der Waals surface area contributed by atoms with E-state index >= 15 is 0 Å². The van der Waals surface area contributed by atoms with Crippen LogP contribution in [0, 0.1) is 0 Å². The third-order valence-corrected chi connectivity index (χ3v) is 3.98. The molecule has 1 aromatic carbocycles. The molecule has 21 heavy (non-hydrogen) atoms. The van der Waals surface area contributed by atoms with E-state index in [1.165, 1.54) is 38.5 Å². The van der Waals surface area contributed by atoms with Gasteiger partial charge in [-0.2, -0.15) is 0 Å². The van der Waals surface area contributed by atoms with Gasteiger partial charge in [-0.25, -0.2) is 0 Å². The number of ether oxygens (including phenoxy) is 2. The maximum absolute atomic E-state index is 10.0. The minimum Gasteiger partial charge on any atom is -0.497 e. The van der Waals surface area contributed by atoms with Crippen LogP contribution in [0.4, 0.5) is 0 Å². The van der Waals surface area contributed by atoms with Crippen LogP contribution in [0.5, 0.6) is 11.5 Å². The van der Waals surface area contributed by atoms with Crippen LogP contribution in [0.1, 0.15) is 38.5 Å². The molecule has 0 bridgehead atoms. The fraction of sp³-hybridized carbons (Fsp3) is 0.647. The van der Waals surface area contributed by atoms with Gasteiger partial charge in [0.05, 0.1) is 7.11 Å². The van der Waals surface area contributed by atoms with Crippen molar-refractivity contribution in [3.8, 4) is 11.5 Å². The molecule has 0 aromatic heterocycles. The molecular weight excluding hydrogens is 266 g/mol. The van der Waals surface area contributed by atoms with E-state index in [1.807, 2.05) is 24.3 Å². The van der Waals surface area contributed by atoms with Gasteiger partial charge < -0.3 is 19.9 Å². The first-order valence-electron chi connectivity index (χ1n) is 7.96. The van der Waals surface area contributed by atoms with Gasteiger partial charge in [0.15, 0.2) is 0 Å². The lowest BCUT2D eigenvalue weighted by Gasteiger charge is -2.19. The van der Waals surface area contributed by atoms with E-state index in [1.54, 1.807) is 7.11 Å². The molecule has 2 N–H and O–H groups in total. The van der Waals surface area contributed by atoms with Gasteiger partial charge in [0, 0.05) is 18.7 Å². The average molecular weight is 293 g/mol. The molecule has 118 valence electrons. The predicted molar refractivity (Wildman–Crippen MR) is 84.0 cm³/mol. The molecule has 0 aliphatic heterocycles. The van der Waals surface area contributed by atoms with Crippen molar-refractivity contribution in [2.24, 2.45) is 0 Å². The number of methoxy groups -OCH3 is 1. The Bertz CT molecular complexity index is 403. The molecule has 0 amide bonds. The molecule has 0 saturated heterocycles. The normalized spacial score (nSPS) is 18.0. The monoisotopic (exact) mass is 293 g/mol. The highest BCUT2D eigenvalue weighted by molar-refractivity contribution is 5.32. The van der Waals surface area contributed by atoms with Gasteiger partial charge in [-0.3, -0.25) is 0 Å². The van der Waals surface area contributed by atoms with Crippen molar-refractivity contribution in [3.63, 3.8) is 0 Å². The van der Waals surface area contributed by atoms with Crippen molar-refractivity contribution < 1.29 is 14.6 Å². The average Bonchev–Trinajstić information content (AvgIpc) is 2.80. The van der Waals surface area contributed by atoms with Gasteiger partial charge in [-0.15, -0.1) is 0 Å². The molecule has 1 aromatic rings. The first-order chi connectivity index (χ1) is 10.3. The van der Waals surface area contributed by atoms with E-state index in [0.29, 0.717) is 19.2 Å². The second kappa shape index (κ2) is 8.90. The number of hydrogen-bond acceptors (Lipinski definition) is 4. The van der Waals surface area contributed by atoms with Crippen LogP contribution in [-0.2, 0) is 0 Å². The molecule has 1 saturated carbocycles. The Morgan fingerprint density at radius 3 is 2.62 bits per heavy atom. The Balaban J connectivity index is 1.67. The quantitative estimate of drug-likeness (QED) is 0.759. The SMILES string of the molecule is COc1cccc(OCC(O)CNC2CCCCCC2)c1. The summed E-state index contributed by atoms with van der Waals surface area (Å²) in [5.74, 6) is 1.49. The summed E-state index contributed by atoms with van der Waals surface area (Å²) in [4.78, 5) is 0. The predicted octanol–water partition coefficient (Wildman–Crippen LogP) is 2.75. The largest absolute Gasteiger partial charge is 0.497 e. The Labute approximate surface area is 127 Å². The van der Waals surface area contributed by atoms with Gasteiger partial charge in [-0.1, -0.05) is 31.7 Å². The highest BCUT2D eigenvalue weighted by Gasteiger charge is 2.13. The van der Waals surface area contributed by atoms with Gasteiger partial charge in [0.2, 0.25) is 0 Å². The van der Waals surface area contributed by atoms with Crippen LogP contribution in [0.2, 0.25) is 0 Å². The number of aliphatic hydroxyl groups is 1. The van der Waals surface area contributed by atoms with Gasteiger partial charge in [-0.05, 0) is 25.0 Å². The first-order valence-corrected chi connectivity index (χ1v) is 7.96. The summed E-state index contributed by atoms with van der Waals surface area (Å²) in [6.45, 7) is 0.890. The number of nitrogens with one attached hydrogen (secondary N) is 1. The molecule has 0 spiro atoms. The van der Waals surface area contributed by atoms with Gasteiger partial charge in [0.1, 0.15) is 24.2 Å². The minimum atomic E-state index is -0.487. The topological polar surface area (TPSA) is 50.7 Å². The fourth-order valence-corrected chi connectivity index (χ4v) is 2.73. The highest BCUT2D eigenvalue weighted by atomic mass is 16.5. The number of hydrogen-bond donors (Lipinski definition) is 2. The summed E-state index contributed by atoms with van der Waals surface area (Å²) in [6.07, 6.45) is 7.26. The van der Waals surface area contributed by atoms with E-state index in [9.17, 15) is 5.11 Å². The van der Waals surface area contributed by atoms with Gasteiger partial charge >= 0.3 is 0 Å². The van der Waals surface area contributed by atoms with E-state index < -0.39 is 6.10 Å². The van der Waals surface area contributed by atoms with E-state index in [-0.39, 0.29) is 0 Å². The molecular formula is C17H27NO3. The van der Waals surface area contributed by atoms with Crippen molar-refractivity contribution >= 4 is 0 Å². The van der Waals surface area contributed by atoms with Gasteiger partial charge in [0.25, 0.3) is 0 Å². The molecule has 1 fully saturated rings. The zero-order chi connectivity index (χ0) is 14.9. The molecule has 4 nitrogen and oxygen atoms in total. The molecule has 2 rings (SSSR count). The van der Waals surface area contributed by atoms with Crippen LogP contribution >= 0.6 is 0 Å². The number of benzene rings is 1. The van der Waals surface area contributed by atoms with Crippen molar-refractivity contribution in [1.29, 1.82) is 0 Å². The smallest absolute Gasteiger partial charge is 0.123 e. The maximum Gasteiger partial charge on any atom is 0.123 e. The summed E-state index contributed by atoms with van der Waals surface area (Å²) < 4.78 is 10.8. The Morgan fingerprint density at radius 2 is 1.90 bits per heavy atom. The Morgan fingerprint density at radius 1 is 1.19 bits per heavy atom. The van der Waals surface area contributed by atoms with Crippen LogP contribution in [0.15, 0.2) is 24.3 Å². The summed E-state index contributed by atoms with van der Waals surface area (Å²) >= 11 is 0. The Hall–Kier alpha value is -1.26. The fourth-order valence-electron chi connectivity index (χ4n) is 2.73. The zero-order valence-electron chi connectivity index (χ0n) is 12.9. The van der Waals surface area contributed by atoms with E-state index in [2.05, 4.69) is 5.32 Å². The molecule has 4 heteroatoms. The standard InChI is InChI=1S/C17H27NO3/c1-20-16-9-6-10-17(11-16)21-13-15(19)12-18-14-7-4-2-3-5-8-14/h6,9-11,14-15,18-19H,2-5,7-8,12-13H2,1H3. The van der Waals surface area contributed by atoms with E-state index in [4.69, 9.17) is 9.47 Å². The molecule has 1 aliphatic rings. The van der Waals surface area contributed by atoms with Crippen molar-refractivity contribution in [2.45, 2.75) is 50.7 Å². The molecule has 1 atom stereocenters. The van der Waals surface area contributed by atoms with Crippen LogP contribution in [0.3, 0.4) is 0 Å². The van der Waals surface area contributed by atoms with Crippen molar-refractivity contribution in [1.82, 2.24) is 5.32 Å². The summed E-state index contributed by atoms with van der Waals surface area (Å²) in [5, 5.41) is 13.5. The van der Waals surface area contributed by atoms with Crippen LogP contribution in [0.25, 0.3) is 0 Å². The second-order valence-electron chi connectivity index (χ2n) is 5.74. The zero-order valence-corrected chi connectivity index (χ0v) is 12.9. The third-order valence-electron chi connectivity index (χ3n) is 3.98. The number of rotatable bonds is 7. The lowest BCUT2D eigenvalue weighted by Crippen LogP contribution is -2.37. The van der Waals surface area contributed by atoms with Crippen molar-refractivity contribution in [2.75, 3.05) is 20.3 Å². The molecule has 1 aliphatic carbocycles. The van der Waals surface area contributed by atoms with Crippen molar-refractivity contribution in [3.05, 3.63) is 24.3 Å². The first kappa shape index (κ1) is 16.1. The lowest BCUT2D eigenvalue weighted by molar-refractivity contribution is 0.103. The Kier molecular flexibility index (Phi) is 6.83. The highest BCUT2D eigenvalue weighted by Crippen LogP contribution is 2.19. The van der Waals surface area contributed by atoms with E-state index in [0.717, 1.165) is 11.5 Å². The number of aliphatic hydroxyl groups excluding tert-OH is 1. The molecule has 0 radical (unpaired) electrons. The second-order valence-corrected chi connectivity index (χ2v) is 5.74. The summed E-state index contributed by atoms with van der Waals surface area (Å²) in [6, 6.07) is 8.00. The van der Waals surface area contributed by atoms with Crippen LogP contribution < -0.4 is 14.8 Å². The summed E-state index contributed by atoms with van der Waals surface area (Å²) in [5.41, 5.74) is 0. The summed E-state index contributed by atoms with van der Waals surface area (Å²) in [7, 11) is 1.63. The van der Waals surface area contributed by atoms with Crippen LogP contribution in [-0.4, -0.2) is 37.5 Å². The maximum atomic E-state index is 10.0.